The fourth-order valence-electron chi connectivity index (χ4n) is 8.79. The molecule has 4 bridgehead atoms. The van der Waals surface area contributed by atoms with E-state index in [1.54, 1.807) is 25.0 Å². The van der Waals surface area contributed by atoms with Crippen molar-refractivity contribution in [1.29, 1.82) is 0 Å². The average Bonchev–Trinajstić information content (AvgIpc) is 3.50. The summed E-state index contributed by atoms with van der Waals surface area (Å²) in [6, 6.07) is 13.3. The quantitative estimate of drug-likeness (QED) is 0.167. The van der Waals surface area contributed by atoms with Crippen LogP contribution >= 0.6 is 0 Å². The number of nitrogens with zero attached hydrogens (tertiary/aromatic N) is 2. The molecule has 4 aliphatic carbocycles. The highest BCUT2D eigenvalue weighted by molar-refractivity contribution is 5.95. The summed E-state index contributed by atoms with van der Waals surface area (Å²) in [4.78, 5) is 14.6. The first kappa shape index (κ1) is 35.0. The van der Waals surface area contributed by atoms with E-state index in [1.807, 2.05) is 57.2 Å². The Morgan fingerprint density at radius 1 is 1.02 bits per heavy atom. The smallest absolute Gasteiger partial charge is 0.272 e. The van der Waals surface area contributed by atoms with Crippen LogP contribution in [0.4, 0.5) is 0 Å². The molecule has 4 fully saturated rings. The molecule has 3 N–H and O–H groups in total. The van der Waals surface area contributed by atoms with Gasteiger partial charge in [0.25, 0.3) is 5.91 Å². The summed E-state index contributed by atoms with van der Waals surface area (Å²) in [5.74, 6) is 8.56. The number of nitrogens with one attached hydrogen (secondary N) is 1. The number of amides is 1. The largest absolute Gasteiger partial charge is 0.496 e. The van der Waals surface area contributed by atoms with Crippen molar-refractivity contribution < 1.29 is 29.2 Å². The number of carbonyl (C=O) groups is 1. The molecule has 1 aromatic heterocycles. The Morgan fingerprint density at radius 2 is 1.65 bits per heavy atom. The summed E-state index contributed by atoms with van der Waals surface area (Å²) >= 11 is 0. The number of ether oxygens (including phenoxy) is 3. The average molecular weight is 670 g/mol. The molecule has 1 unspecified atom stereocenters. The van der Waals surface area contributed by atoms with Gasteiger partial charge in [0.1, 0.15) is 11.5 Å². The van der Waals surface area contributed by atoms with Gasteiger partial charge < -0.3 is 29.7 Å². The molecule has 49 heavy (non-hydrogen) atoms. The van der Waals surface area contributed by atoms with Crippen molar-refractivity contribution in [2.75, 3.05) is 20.8 Å². The Morgan fingerprint density at radius 3 is 2.20 bits per heavy atom. The topological polar surface area (TPSA) is 115 Å². The fraction of sp³-hybridized carbons (Fsp3) is 0.550. The maximum Gasteiger partial charge on any atom is 0.272 e. The standard InChI is InChI=1S/C40H51N3O6/c1-24(2)30-22-25(11-8-9-16-44)14-15-32(30)43-33(36-34(47-6)12-10-13-35(36)48-7)23-31(42-43)37(45)41-40(38(46)49-39(3,4)5)28-18-26-17-27(20-28)21-29(40)19-26/h10,12-15,22-24,26-29,38,44,46H,9,16-21H2,1-7H3,(H,41,45). The van der Waals surface area contributed by atoms with Crippen LogP contribution in [0.15, 0.2) is 42.5 Å². The monoisotopic (exact) mass is 669 g/mol. The van der Waals surface area contributed by atoms with Gasteiger partial charge in [-0.1, -0.05) is 31.8 Å². The SMILES string of the molecule is COc1cccc(OC)c1-c1cc(C(=O)NC2(C(O)OC(C)(C)C)C3CC4CC(C3)CC2C4)nn1-c1ccc(C#CCCO)cc1C(C)C. The molecule has 1 heterocycles. The molecule has 4 aliphatic rings. The molecule has 0 saturated heterocycles. The number of rotatable bonds is 10. The van der Waals surface area contributed by atoms with Crippen LogP contribution in [0.2, 0.25) is 0 Å². The van der Waals surface area contributed by atoms with Crippen molar-refractivity contribution in [3.05, 3.63) is 59.3 Å². The van der Waals surface area contributed by atoms with Crippen LogP contribution in [-0.4, -0.2) is 64.2 Å². The lowest BCUT2D eigenvalue weighted by Crippen LogP contribution is -2.72. The van der Waals surface area contributed by atoms with E-state index in [4.69, 9.17) is 19.3 Å². The molecular weight excluding hydrogens is 618 g/mol. The highest BCUT2D eigenvalue weighted by atomic mass is 16.6. The molecule has 0 radical (unpaired) electrons. The van der Waals surface area contributed by atoms with Crippen LogP contribution in [0, 0.1) is 35.5 Å². The van der Waals surface area contributed by atoms with E-state index in [2.05, 4.69) is 31.0 Å². The number of benzene rings is 2. The molecule has 1 atom stereocenters. The Balaban J connectivity index is 1.48. The van der Waals surface area contributed by atoms with Crippen molar-refractivity contribution in [1.82, 2.24) is 15.1 Å². The van der Waals surface area contributed by atoms with Crippen molar-refractivity contribution >= 4 is 5.91 Å². The first-order valence-electron chi connectivity index (χ1n) is 17.6. The van der Waals surface area contributed by atoms with Gasteiger partial charge in [0.15, 0.2) is 12.0 Å². The Labute approximate surface area is 290 Å². The minimum absolute atomic E-state index is 0.00759. The first-order valence-corrected chi connectivity index (χ1v) is 17.6. The Hall–Kier alpha value is -3.84. The Bertz CT molecular complexity index is 1690. The second kappa shape index (κ2) is 13.8. The van der Waals surface area contributed by atoms with Gasteiger partial charge >= 0.3 is 0 Å². The third-order valence-corrected chi connectivity index (χ3v) is 10.7. The van der Waals surface area contributed by atoms with E-state index in [1.165, 1.54) is 6.42 Å². The minimum Gasteiger partial charge on any atom is -0.496 e. The van der Waals surface area contributed by atoms with Crippen LogP contribution < -0.4 is 14.8 Å². The second-order valence-electron chi connectivity index (χ2n) is 15.3. The first-order chi connectivity index (χ1) is 23.4. The molecule has 4 saturated carbocycles. The van der Waals surface area contributed by atoms with E-state index in [9.17, 15) is 15.0 Å². The van der Waals surface area contributed by atoms with Crippen LogP contribution in [0.25, 0.3) is 16.9 Å². The van der Waals surface area contributed by atoms with E-state index in [0.29, 0.717) is 41.0 Å². The molecule has 9 nitrogen and oxygen atoms in total. The molecule has 1 amide bonds. The van der Waals surface area contributed by atoms with Gasteiger partial charge in [0.2, 0.25) is 0 Å². The number of carbonyl (C=O) groups excluding carboxylic acids is 1. The fourth-order valence-corrected chi connectivity index (χ4v) is 8.79. The van der Waals surface area contributed by atoms with Gasteiger partial charge in [-0.05, 0) is 124 Å². The molecular formula is C40H51N3O6. The predicted molar refractivity (Wildman–Crippen MR) is 189 cm³/mol. The third-order valence-electron chi connectivity index (χ3n) is 10.7. The van der Waals surface area contributed by atoms with Gasteiger partial charge in [0, 0.05) is 12.0 Å². The zero-order chi connectivity index (χ0) is 35.1. The summed E-state index contributed by atoms with van der Waals surface area (Å²) in [6.45, 7) is 10.0. The van der Waals surface area contributed by atoms with Gasteiger partial charge in [-0.15, -0.1) is 0 Å². The predicted octanol–water partition coefficient (Wildman–Crippen LogP) is 6.47. The third kappa shape index (κ3) is 6.71. The van der Waals surface area contributed by atoms with Gasteiger partial charge in [0.05, 0.1) is 48.9 Å². The van der Waals surface area contributed by atoms with Crippen molar-refractivity contribution in [2.45, 2.75) is 96.5 Å². The highest BCUT2D eigenvalue weighted by Crippen LogP contribution is 2.59. The van der Waals surface area contributed by atoms with Crippen LogP contribution in [0.1, 0.15) is 101 Å². The minimum atomic E-state index is -1.16. The van der Waals surface area contributed by atoms with E-state index >= 15 is 0 Å². The summed E-state index contributed by atoms with van der Waals surface area (Å²) in [5, 5.41) is 29.5. The van der Waals surface area contributed by atoms with Crippen LogP contribution in [-0.2, 0) is 4.74 Å². The van der Waals surface area contributed by atoms with Crippen molar-refractivity contribution in [2.24, 2.45) is 23.7 Å². The number of hydrogen-bond acceptors (Lipinski definition) is 7. The van der Waals surface area contributed by atoms with Gasteiger partial charge in [-0.2, -0.15) is 5.10 Å². The van der Waals surface area contributed by atoms with Gasteiger partial charge in [-0.25, -0.2) is 4.68 Å². The molecule has 0 spiro atoms. The van der Waals surface area contributed by atoms with Crippen LogP contribution in [0.3, 0.4) is 0 Å². The summed E-state index contributed by atoms with van der Waals surface area (Å²) < 4.78 is 19.7. The second-order valence-corrected chi connectivity index (χ2v) is 15.3. The zero-order valence-corrected chi connectivity index (χ0v) is 29.9. The Kier molecular flexibility index (Phi) is 9.87. The lowest BCUT2D eigenvalue weighted by molar-refractivity contribution is -0.251. The highest BCUT2D eigenvalue weighted by Gasteiger charge is 2.62. The summed E-state index contributed by atoms with van der Waals surface area (Å²) in [7, 11) is 3.22. The van der Waals surface area contributed by atoms with Crippen molar-refractivity contribution in [3.63, 3.8) is 0 Å². The summed E-state index contributed by atoms with van der Waals surface area (Å²) in [6.07, 6.45) is 4.37. The molecule has 3 aromatic rings. The maximum absolute atomic E-state index is 14.6. The van der Waals surface area contributed by atoms with Crippen LogP contribution in [0.5, 0.6) is 11.5 Å². The number of methoxy groups -OCH3 is 2. The lowest BCUT2D eigenvalue weighted by atomic mass is 9.48. The van der Waals surface area contributed by atoms with Crippen molar-refractivity contribution in [3.8, 4) is 40.3 Å². The lowest BCUT2D eigenvalue weighted by Gasteiger charge is -2.62. The normalized spacial score (nSPS) is 24.8. The number of aromatic nitrogens is 2. The maximum atomic E-state index is 14.6. The summed E-state index contributed by atoms with van der Waals surface area (Å²) in [5.41, 5.74) is 2.63. The van der Waals surface area contributed by atoms with E-state index in [-0.39, 0.29) is 36.0 Å². The molecule has 7 rings (SSSR count). The molecule has 9 heteroatoms. The van der Waals surface area contributed by atoms with Gasteiger partial charge in [-0.3, -0.25) is 4.79 Å². The number of aliphatic hydroxyl groups excluding tert-OH is 2. The number of aliphatic hydroxyl groups is 2. The number of hydrogen-bond donors (Lipinski definition) is 3. The van der Waals surface area contributed by atoms with E-state index in [0.717, 1.165) is 42.5 Å². The zero-order valence-electron chi connectivity index (χ0n) is 29.9. The van der Waals surface area contributed by atoms with E-state index < -0.39 is 17.4 Å². The molecule has 262 valence electrons. The molecule has 0 aliphatic heterocycles. The molecule has 2 aromatic carbocycles.